The lowest BCUT2D eigenvalue weighted by Gasteiger charge is -2.02. The highest BCUT2D eigenvalue weighted by Gasteiger charge is 2.17. The predicted molar refractivity (Wildman–Crippen MR) is 87.8 cm³/mol. The largest absolute Gasteiger partial charge is 0.508 e. The summed E-state index contributed by atoms with van der Waals surface area (Å²) >= 11 is 0. The Balaban J connectivity index is 1.95. The first-order chi connectivity index (χ1) is 11.6. The smallest absolute Gasteiger partial charge is 0.307 e. The van der Waals surface area contributed by atoms with E-state index >= 15 is 0 Å². The second-order valence-corrected chi connectivity index (χ2v) is 5.56. The van der Waals surface area contributed by atoms with Crippen LogP contribution in [0.1, 0.15) is 22.5 Å². The highest BCUT2D eigenvalue weighted by atomic mass is 16.4. The SMILES string of the molecule is N#Cc1ccc2oc(CCc3ccc(O)cc3)c(CC(=O)O)c2c1. The number of carboxylic acids is 1. The molecule has 0 atom stereocenters. The molecule has 0 aliphatic heterocycles. The van der Waals surface area contributed by atoms with Gasteiger partial charge in [0.25, 0.3) is 0 Å². The van der Waals surface area contributed by atoms with Crippen molar-refractivity contribution >= 4 is 16.9 Å². The highest BCUT2D eigenvalue weighted by molar-refractivity contribution is 5.87. The molecule has 0 unspecified atom stereocenters. The normalized spacial score (nSPS) is 10.6. The van der Waals surface area contributed by atoms with Crippen molar-refractivity contribution in [3.05, 3.63) is 64.9 Å². The van der Waals surface area contributed by atoms with Gasteiger partial charge < -0.3 is 14.6 Å². The molecule has 2 aromatic carbocycles. The molecule has 0 aliphatic rings. The number of benzene rings is 2. The highest BCUT2D eigenvalue weighted by Crippen LogP contribution is 2.28. The van der Waals surface area contributed by atoms with Gasteiger partial charge in [0.1, 0.15) is 17.1 Å². The van der Waals surface area contributed by atoms with Crippen molar-refractivity contribution in [1.29, 1.82) is 5.26 Å². The molecule has 0 fully saturated rings. The summed E-state index contributed by atoms with van der Waals surface area (Å²) in [4.78, 5) is 11.2. The fraction of sp³-hybridized carbons (Fsp3) is 0.158. The van der Waals surface area contributed by atoms with Crippen molar-refractivity contribution in [3.8, 4) is 11.8 Å². The first-order valence-corrected chi connectivity index (χ1v) is 7.51. The number of aliphatic carboxylic acids is 1. The maximum atomic E-state index is 11.2. The molecule has 0 saturated heterocycles. The first kappa shape index (κ1) is 15.6. The maximum absolute atomic E-state index is 11.2. The lowest BCUT2D eigenvalue weighted by molar-refractivity contribution is -0.136. The zero-order valence-corrected chi connectivity index (χ0v) is 12.8. The summed E-state index contributed by atoms with van der Waals surface area (Å²) in [5.74, 6) is -0.111. The van der Waals surface area contributed by atoms with Gasteiger partial charge in [-0.1, -0.05) is 12.1 Å². The standard InChI is InChI=1S/C19H15NO4/c20-11-13-4-8-17-15(9-13)16(10-19(22)23)18(24-17)7-3-12-1-5-14(21)6-2-12/h1-2,4-6,8-9,21H,3,7,10H2,(H,22,23). The van der Waals surface area contributed by atoms with Crippen LogP contribution in [0.2, 0.25) is 0 Å². The van der Waals surface area contributed by atoms with E-state index < -0.39 is 5.97 Å². The van der Waals surface area contributed by atoms with E-state index in [-0.39, 0.29) is 12.2 Å². The van der Waals surface area contributed by atoms with Crippen LogP contribution >= 0.6 is 0 Å². The number of nitrogens with zero attached hydrogens (tertiary/aromatic N) is 1. The molecule has 3 aromatic rings. The van der Waals surface area contributed by atoms with Crippen molar-refractivity contribution in [3.63, 3.8) is 0 Å². The number of hydrogen-bond acceptors (Lipinski definition) is 4. The molecule has 0 bridgehead atoms. The third-order valence-electron chi connectivity index (χ3n) is 3.91. The van der Waals surface area contributed by atoms with E-state index in [4.69, 9.17) is 9.68 Å². The molecule has 0 spiro atoms. The molecule has 3 rings (SSSR count). The number of fused-ring (bicyclic) bond motifs is 1. The van der Waals surface area contributed by atoms with E-state index in [1.807, 2.05) is 12.1 Å². The maximum Gasteiger partial charge on any atom is 0.307 e. The summed E-state index contributed by atoms with van der Waals surface area (Å²) < 4.78 is 5.82. The number of phenolic OH excluding ortho intramolecular Hbond substituents is 1. The lowest BCUT2D eigenvalue weighted by Crippen LogP contribution is -2.03. The van der Waals surface area contributed by atoms with Gasteiger partial charge in [0.15, 0.2) is 0 Å². The first-order valence-electron chi connectivity index (χ1n) is 7.51. The molecule has 24 heavy (non-hydrogen) atoms. The van der Waals surface area contributed by atoms with Gasteiger partial charge in [-0.3, -0.25) is 4.79 Å². The van der Waals surface area contributed by atoms with Crippen LogP contribution in [0.15, 0.2) is 46.9 Å². The Kier molecular flexibility index (Phi) is 4.21. The average molecular weight is 321 g/mol. The Hall–Kier alpha value is -3.26. The third kappa shape index (κ3) is 3.23. The van der Waals surface area contributed by atoms with Crippen LogP contribution in [0.4, 0.5) is 0 Å². The van der Waals surface area contributed by atoms with Crippen LogP contribution < -0.4 is 0 Å². The molecule has 5 nitrogen and oxygen atoms in total. The van der Waals surface area contributed by atoms with Gasteiger partial charge in [-0.25, -0.2) is 0 Å². The van der Waals surface area contributed by atoms with E-state index in [1.54, 1.807) is 30.3 Å². The number of carbonyl (C=O) groups is 1. The number of aryl methyl sites for hydroxylation is 2. The van der Waals surface area contributed by atoms with Gasteiger partial charge in [-0.15, -0.1) is 0 Å². The number of aromatic hydroxyl groups is 1. The van der Waals surface area contributed by atoms with Crippen LogP contribution in [0.5, 0.6) is 5.75 Å². The molecule has 0 aliphatic carbocycles. The fourth-order valence-electron chi connectivity index (χ4n) is 2.74. The van der Waals surface area contributed by atoms with E-state index in [0.29, 0.717) is 40.7 Å². The molecule has 1 heterocycles. The zero-order chi connectivity index (χ0) is 17.1. The summed E-state index contributed by atoms with van der Waals surface area (Å²) in [6, 6.07) is 14.0. The van der Waals surface area contributed by atoms with E-state index in [0.717, 1.165) is 5.56 Å². The van der Waals surface area contributed by atoms with Crippen LogP contribution in [-0.2, 0) is 24.1 Å². The summed E-state index contributed by atoms with van der Waals surface area (Å²) in [7, 11) is 0. The average Bonchev–Trinajstić information content (AvgIpc) is 2.90. The molecule has 5 heteroatoms. The molecular formula is C19H15NO4. The van der Waals surface area contributed by atoms with Gasteiger partial charge in [0.2, 0.25) is 0 Å². The third-order valence-corrected chi connectivity index (χ3v) is 3.91. The van der Waals surface area contributed by atoms with Crippen molar-refractivity contribution < 1.29 is 19.4 Å². The molecule has 0 amide bonds. The van der Waals surface area contributed by atoms with Crippen LogP contribution in [0.25, 0.3) is 11.0 Å². The van der Waals surface area contributed by atoms with Crippen molar-refractivity contribution in [2.75, 3.05) is 0 Å². The van der Waals surface area contributed by atoms with Crippen LogP contribution in [-0.4, -0.2) is 16.2 Å². The lowest BCUT2D eigenvalue weighted by atomic mass is 10.0. The van der Waals surface area contributed by atoms with E-state index in [1.165, 1.54) is 0 Å². The monoisotopic (exact) mass is 321 g/mol. The minimum atomic E-state index is -0.939. The van der Waals surface area contributed by atoms with Crippen molar-refractivity contribution in [1.82, 2.24) is 0 Å². The Labute approximate surface area is 138 Å². The summed E-state index contributed by atoms with van der Waals surface area (Å²) in [6.45, 7) is 0. The summed E-state index contributed by atoms with van der Waals surface area (Å²) in [5.41, 5.74) is 2.70. The topological polar surface area (TPSA) is 94.5 Å². The number of hydrogen-bond donors (Lipinski definition) is 2. The Morgan fingerprint density at radius 1 is 1.12 bits per heavy atom. The number of carboxylic acid groups (broad SMARTS) is 1. The number of furan rings is 1. The van der Waals surface area contributed by atoms with Crippen molar-refractivity contribution in [2.24, 2.45) is 0 Å². The Morgan fingerprint density at radius 2 is 1.88 bits per heavy atom. The molecule has 0 radical (unpaired) electrons. The summed E-state index contributed by atoms with van der Waals surface area (Å²) in [5, 5.41) is 28.2. The molecule has 120 valence electrons. The molecular weight excluding hydrogens is 306 g/mol. The van der Waals surface area contributed by atoms with Crippen molar-refractivity contribution in [2.45, 2.75) is 19.3 Å². The number of nitriles is 1. The molecule has 2 N–H and O–H groups in total. The van der Waals surface area contributed by atoms with Gasteiger partial charge in [-0.2, -0.15) is 5.26 Å². The minimum absolute atomic E-state index is 0.146. The van der Waals surface area contributed by atoms with Crippen LogP contribution in [0, 0.1) is 11.3 Å². The van der Waals surface area contributed by atoms with Gasteiger partial charge in [0.05, 0.1) is 18.1 Å². The van der Waals surface area contributed by atoms with Gasteiger partial charge in [-0.05, 0) is 42.3 Å². The molecule has 1 aromatic heterocycles. The summed E-state index contributed by atoms with van der Waals surface area (Å²) in [6.07, 6.45) is 1.06. The zero-order valence-electron chi connectivity index (χ0n) is 12.8. The second kappa shape index (κ2) is 6.47. The Morgan fingerprint density at radius 3 is 2.54 bits per heavy atom. The number of phenols is 1. The second-order valence-electron chi connectivity index (χ2n) is 5.56. The van der Waals surface area contributed by atoms with Crippen LogP contribution in [0.3, 0.4) is 0 Å². The Bertz CT molecular complexity index is 932. The predicted octanol–water partition coefficient (Wildman–Crippen LogP) is 3.42. The fourth-order valence-corrected chi connectivity index (χ4v) is 2.74. The minimum Gasteiger partial charge on any atom is -0.508 e. The van der Waals surface area contributed by atoms with E-state index in [9.17, 15) is 15.0 Å². The van der Waals surface area contributed by atoms with Gasteiger partial charge in [0, 0.05) is 17.4 Å². The van der Waals surface area contributed by atoms with E-state index in [2.05, 4.69) is 6.07 Å². The molecule has 0 saturated carbocycles. The number of rotatable bonds is 5. The van der Waals surface area contributed by atoms with Gasteiger partial charge >= 0.3 is 5.97 Å². The quantitative estimate of drug-likeness (QED) is 0.751.